The van der Waals surface area contributed by atoms with Gasteiger partial charge < -0.3 is 30.4 Å². The SMILES string of the molecule is Cc1nnc(CC(=O)C[C@H](C)[C@H]2C(=O)N3C(C(=O)O)=C(S[C@@H]4CN[C@H](C(=O)N5CC[C@@H](N)C5)C4)[C@H](C)[C@H]23)o1. The van der Waals surface area contributed by atoms with Crippen LogP contribution in [-0.4, -0.2) is 91.7 Å². The number of β-lactam (4-membered cyclic amide) rings is 1. The maximum atomic E-state index is 13.2. The number of amides is 2. The molecule has 0 aromatic carbocycles. The molecule has 3 saturated heterocycles. The third-order valence-electron chi connectivity index (χ3n) is 8.09. The number of nitrogens with two attached hydrogens (primary N) is 1. The average molecular weight is 547 g/mol. The number of rotatable bonds is 9. The third kappa shape index (κ3) is 4.87. The van der Waals surface area contributed by atoms with Crippen LogP contribution in [0.4, 0.5) is 0 Å². The van der Waals surface area contributed by atoms with E-state index in [1.165, 1.54) is 16.7 Å². The first-order valence-electron chi connectivity index (χ1n) is 13.1. The lowest BCUT2D eigenvalue weighted by Crippen LogP contribution is -2.62. The van der Waals surface area contributed by atoms with E-state index in [0.29, 0.717) is 36.9 Å². The van der Waals surface area contributed by atoms with Crippen LogP contribution in [0.3, 0.4) is 0 Å². The zero-order chi connectivity index (χ0) is 27.3. The van der Waals surface area contributed by atoms with Crippen molar-refractivity contribution in [3.8, 4) is 0 Å². The van der Waals surface area contributed by atoms with E-state index in [1.807, 2.05) is 13.8 Å². The summed E-state index contributed by atoms with van der Waals surface area (Å²) < 4.78 is 5.29. The molecule has 7 atom stereocenters. The van der Waals surface area contributed by atoms with Gasteiger partial charge in [-0.25, -0.2) is 4.79 Å². The molecule has 2 amide bonds. The smallest absolute Gasteiger partial charge is 0.353 e. The molecule has 3 fully saturated rings. The van der Waals surface area contributed by atoms with Crippen LogP contribution in [0.25, 0.3) is 0 Å². The number of likely N-dealkylation sites (tertiary alicyclic amines) is 1. The normalized spacial score (nSPS) is 31.5. The number of carboxylic acids is 1. The van der Waals surface area contributed by atoms with Gasteiger partial charge in [-0.2, -0.15) is 0 Å². The molecule has 4 aliphatic heterocycles. The summed E-state index contributed by atoms with van der Waals surface area (Å²) in [7, 11) is 0. The van der Waals surface area contributed by atoms with Crippen LogP contribution in [0.5, 0.6) is 0 Å². The Morgan fingerprint density at radius 2 is 2.08 bits per heavy atom. The fourth-order valence-corrected chi connectivity index (χ4v) is 7.75. The van der Waals surface area contributed by atoms with Crippen LogP contribution in [0.2, 0.25) is 0 Å². The number of nitrogens with zero attached hydrogens (tertiary/aromatic N) is 4. The first-order valence-corrected chi connectivity index (χ1v) is 14.0. The highest BCUT2D eigenvalue weighted by atomic mass is 32.2. The Balaban J connectivity index is 1.23. The quantitative estimate of drug-likeness (QED) is 0.364. The number of aromatic nitrogens is 2. The molecule has 1 aromatic rings. The minimum absolute atomic E-state index is 0.00762. The molecule has 5 heterocycles. The molecule has 1 aromatic heterocycles. The molecule has 0 unspecified atom stereocenters. The van der Waals surface area contributed by atoms with Gasteiger partial charge in [0.15, 0.2) is 0 Å². The molecule has 0 saturated carbocycles. The lowest BCUT2D eigenvalue weighted by Gasteiger charge is -2.47. The Morgan fingerprint density at radius 3 is 2.71 bits per heavy atom. The number of aliphatic carboxylic acids is 1. The number of thioether (sulfide) groups is 1. The van der Waals surface area contributed by atoms with Crippen LogP contribution >= 0.6 is 11.8 Å². The van der Waals surface area contributed by atoms with Crippen LogP contribution < -0.4 is 11.1 Å². The van der Waals surface area contributed by atoms with Gasteiger partial charge in [0.05, 0.1) is 24.4 Å². The molecule has 0 spiro atoms. The second-order valence-corrected chi connectivity index (χ2v) is 12.3. The minimum atomic E-state index is -1.13. The summed E-state index contributed by atoms with van der Waals surface area (Å²) in [6, 6.07) is -0.602. The third-order valence-corrected chi connectivity index (χ3v) is 9.60. The van der Waals surface area contributed by atoms with Crippen molar-refractivity contribution in [2.24, 2.45) is 23.5 Å². The Hall–Kier alpha value is -2.77. The maximum Gasteiger partial charge on any atom is 0.353 e. The van der Waals surface area contributed by atoms with Crippen LogP contribution in [-0.2, 0) is 25.6 Å². The standard InChI is InChI=1S/C25H34N6O6S/c1-11(6-15(32)7-18-29-28-13(3)37-18)19-20-12(2)22(21(25(35)36)31(20)24(19)34)38-16-8-17(27-9-16)23(33)30-5-4-14(26)10-30/h11-12,14,16-17,19-20,27H,4-10,26H2,1-3H3,(H,35,36)/t11-,12+,14+,16-,17-,19+,20+/m0/s1. The predicted octanol–water partition coefficient (Wildman–Crippen LogP) is 0.312. The van der Waals surface area contributed by atoms with Crippen molar-refractivity contribution in [3.63, 3.8) is 0 Å². The summed E-state index contributed by atoms with van der Waals surface area (Å²) in [6.07, 6.45) is 1.56. The van der Waals surface area contributed by atoms with Crippen LogP contribution in [0, 0.1) is 24.7 Å². The first-order chi connectivity index (χ1) is 18.0. The molecule has 0 bridgehead atoms. The van der Waals surface area contributed by atoms with Crippen molar-refractivity contribution < 1.29 is 28.7 Å². The topological polar surface area (TPSA) is 172 Å². The van der Waals surface area contributed by atoms with Gasteiger partial charge in [0.1, 0.15) is 11.5 Å². The van der Waals surface area contributed by atoms with Gasteiger partial charge in [-0.15, -0.1) is 22.0 Å². The summed E-state index contributed by atoms with van der Waals surface area (Å²) in [6.45, 7) is 7.26. The van der Waals surface area contributed by atoms with Gasteiger partial charge in [-0.05, 0) is 18.8 Å². The monoisotopic (exact) mass is 546 g/mol. The molecule has 0 aliphatic carbocycles. The van der Waals surface area contributed by atoms with E-state index in [9.17, 15) is 24.3 Å². The Bertz CT molecular complexity index is 1180. The van der Waals surface area contributed by atoms with Crippen molar-refractivity contribution in [2.75, 3.05) is 19.6 Å². The number of hydrogen-bond acceptors (Lipinski definition) is 10. The molecule has 38 heavy (non-hydrogen) atoms. The molecule has 4 aliphatic rings. The molecular weight excluding hydrogens is 512 g/mol. The van der Waals surface area contributed by atoms with E-state index in [1.54, 1.807) is 11.8 Å². The molecule has 5 rings (SSSR count). The van der Waals surface area contributed by atoms with Crippen molar-refractivity contribution in [1.29, 1.82) is 0 Å². The van der Waals surface area contributed by atoms with Gasteiger partial charge in [0, 0.05) is 55.1 Å². The number of aryl methyl sites for hydroxylation is 1. The van der Waals surface area contributed by atoms with Gasteiger partial charge in [-0.1, -0.05) is 13.8 Å². The molecular formula is C25H34N6O6S. The summed E-state index contributed by atoms with van der Waals surface area (Å²) in [4.78, 5) is 54.8. The second-order valence-electron chi connectivity index (χ2n) is 10.9. The van der Waals surface area contributed by atoms with E-state index in [-0.39, 0.29) is 77.2 Å². The molecule has 4 N–H and O–H groups in total. The molecule has 206 valence electrons. The lowest BCUT2D eigenvalue weighted by molar-refractivity contribution is -0.160. The number of carbonyl (C=O) groups is 4. The van der Waals surface area contributed by atoms with Gasteiger partial charge >= 0.3 is 5.97 Å². The highest BCUT2D eigenvalue weighted by molar-refractivity contribution is 8.03. The number of nitrogens with one attached hydrogen (secondary N) is 1. The molecule has 0 radical (unpaired) electrons. The number of fused-ring (bicyclic) bond motifs is 1. The molecule has 12 nitrogen and oxygen atoms in total. The Morgan fingerprint density at radius 1 is 1.32 bits per heavy atom. The van der Waals surface area contributed by atoms with E-state index in [2.05, 4.69) is 15.5 Å². The van der Waals surface area contributed by atoms with Crippen LogP contribution in [0.15, 0.2) is 15.0 Å². The van der Waals surface area contributed by atoms with Gasteiger partial charge in [-0.3, -0.25) is 14.4 Å². The van der Waals surface area contributed by atoms with Crippen molar-refractivity contribution in [1.82, 2.24) is 25.3 Å². The zero-order valence-corrected chi connectivity index (χ0v) is 22.6. The average Bonchev–Trinajstić information content (AvgIpc) is 3.62. The summed E-state index contributed by atoms with van der Waals surface area (Å²) in [5.41, 5.74) is 5.99. The summed E-state index contributed by atoms with van der Waals surface area (Å²) in [5, 5.41) is 20.9. The fourth-order valence-electron chi connectivity index (χ4n) is 6.27. The van der Waals surface area contributed by atoms with Crippen molar-refractivity contribution >= 4 is 35.3 Å². The summed E-state index contributed by atoms with van der Waals surface area (Å²) >= 11 is 1.46. The molecule has 13 heteroatoms. The first kappa shape index (κ1) is 26.8. The Kier molecular flexibility index (Phi) is 7.35. The van der Waals surface area contributed by atoms with Gasteiger partial charge in [0.2, 0.25) is 23.6 Å². The largest absolute Gasteiger partial charge is 0.477 e. The van der Waals surface area contributed by atoms with E-state index >= 15 is 0 Å². The number of Topliss-reactive ketones (excluding diaryl/α,β-unsaturated/α-hetero) is 1. The lowest BCUT2D eigenvalue weighted by atomic mass is 9.73. The highest BCUT2D eigenvalue weighted by Crippen LogP contribution is 2.53. The van der Waals surface area contributed by atoms with Crippen molar-refractivity contribution in [3.05, 3.63) is 22.4 Å². The highest BCUT2D eigenvalue weighted by Gasteiger charge is 2.60. The predicted molar refractivity (Wildman–Crippen MR) is 136 cm³/mol. The maximum absolute atomic E-state index is 13.2. The number of hydrogen-bond donors (Lipinski definition) is 3. The van der Waals surface area contributed by atoms with E-state index in [4.69, 9.17) is 10.2 Å². The van der Waals surface area contributed by atoms with Crippen molar-refractivity contribution in [2.45, 2.75) is 69.8 Å². The summed E-state index contributed by atoms with van der Waals surface area (Å²) in [5.74, 6) is -1.70. The number of carbonyl (C=O) groups excluding carboxylic acids is 3. The van der Waals surface area contributed by atoms with Gasteiger partial charge in [0.25, 0.3) is 0 Å². The fraction of sp³-hybridized carbons (Fsp3) is 0.680. The minimum Gasteiger partial charge on any atom is -0.477 e. The number of carboxylic acid groups (broad SMARTS) is 1. The Labute approximate surface area is 224 Å². The van der Waals surface area contributed by atoms with E-state index < -0.39 is 11.9 Å². The zero-order valence-electron chi connectivity index (χ0n) is 21.8. The van der Waals surface area contributed by atoms with Crippen LogP contribution in [0.1, 0.15) is 44.9 Å². The van der Waals surface area contributed by atoms with E-state index in [0.717, 1.165) is 6.42 Å². The second kappa shape index (κ2) is 10.4. The number of ketones is 1.